The number of nitrogens with one attached hydrogen (secondary N) is 1. The highest BCUT2D eigenvalue weighted by Gasteiger charge is 2.28. The van der Waals surface area contributed by atoms with E-state index in [9.17, 15) is 9.18 Å². The molecule has 4 N–H and O–H groups in total. The third kappa shape index (κ3) is 2.63. The van der Waals surface area contributed by atoms with Crippen LogP contribution in [-0.4, -0.2) is 30.3 Å². The molecule has 0 aliphatic heterocycles. The molecule has 0 saturated heterocycles. The zero-order valence-electron chi connectivity index (χ0n) is 10.6. The van der Waals surface area contributed by atoms with E-state index in [2.05, 4.69) is 5.32 Å². The normalized spacial score (nSPS) is 22.4. The standard InChI is InChI=1S/C13H17FN2O3/c1-19-10-4-2-3-8(10)16-9-6-5-7(14)12(15)11(9)13(17)18/h5-6,8,10,16H,2-4,15H2,1H3,(H,17,18). The molecule has 19 heavy (non-hydrogen) atoms. The molecule has 1 aromatic carbocycles. The maximum atomic E-state index is 13.3. The molecule has 2 unspecified atom stereocenters. The van der Waals surface area contributed by atoms with Gasteiger partial charge in [0.15, 0.2) is 0 Å². The number of benzene rings is 1. The summed E-state index contributed by atoms with van der Waals surface area (Å²) in [6.07, 6.45) is 2.85. The van der Waals surface area contributed by atoms with Gasteiger partial charge in [0, 0.05) is 7.11 Å². The van der Waals surface area contributed by atoms with Gasteiger partial charge in [-0.2, -0.15) is 0 Å². The Morgan fingerprint density at radius 3 is 2.89 bits per heavy atom. The number of carboxylic acid groups (broad SMARTS) is 1. The molecule has 1 fully saturated rings. The van der Waals surface area contributed by atoms with Gasteiger partial charge in [-0.3, -0.25) is 0 Å². The first kappa shape index (κ1) is 13.6. The third-order valence-corrected chi connectivity index (χ3v) is 3.50. The number of carboxylic acids is 1. The number of rotatable bonds is 4. The van der Waals surface area contributed by atoms with Gasteiger partial charge in [-0.15, -0.1) is 0 Å². The summed E-state index contributed by atoms with van der Waals surface area (Å²) in [5, 5.41) is 12.3. The summed E-state index contributed by atoms with van der Waals surface area (Å²) < 4.78 is 18.7. The topological polar surface area (TPSA) is 84.6 Å². The first-order valence-electron chi connectivity index (χ1n) is 6.15. The van der Waals surface area contributed by atoms with Crippen LogP contribution >= 0.6 is 0 Å². The Bertz CT molecular complexity index is 493. The van der Waals surface area contributed by atoms with Crippen molar-refractivity contribution in [2.24, 2.45) is 0 Å². The van der Waals surface area contributed by atoms with Crippen molar-refractivity contribution in [2.75, 3.05) is 18.2 Å². The van der Waals surface area contributed by atoms with Gasteiger partial charge in [0.05, 0.1) is 23.5 Å². The van der Waals surface area contributed by atoms with Gasteiger partial charge in [-0.1, -0.05) is 0 Å². The molecule has 0 heterocycles. The molecule has 6 heteroatoms. The van der Waals surface area contributed by atoms with Gasteiger partial charge < -0.3 is 20.9 Å². The van der Waals surface area contributed by atoms with E-state index in [0.717, 1.165) is 19.3 Å². The van der Waals surface area contributed by atoms with Crippen LogP contribution in [0.15, 0.2) is 12.1 Å². The molecule has 0 bridgehead atoms. The molecule has 1 aromatic rings. The van der Waals surface area contributed by atoms with Crippen molar-refractivity contribution in [2.45, 2.75) is 31.4 Å². The lowest BCUT2D eigenvalue weighted by molar-refractivity contribution is 0.0698. The molecular weight excluding hydrogens is 251 g/mol. The second-order valence-electron chi connectivity index (χ2n) is 4.64. The van der Waals surface area contributed by atoms with E-state index in [1.54, 1.807) is 7.11 Å². The number of aromatic carboxylic acids is 1. The highest BCUT2D eigenvalue weighted by Crippen LogP contribution is 2.30. The number of ether oxygens (including phenoxy) is 1. The minimum atomic E-state index is -1.24. The first-order valence-corrected chi connectivity index (χ1v) is 6.15. The average molecular weight is 268 g/mol. The lowest BCUT2D eigenvalue weighted by atomic mass is 10.1. The Hall–Kier alpha value is -1.82. The molecule has 1 aliphatic rings. The van der Waals surface area contributed by atoms with Crippen LogP contribution in [0, 0.1) is 5.82 Å². The summed E-state index contributed by atoms with van der Waals surface area (Å²) >= 11 is 0. The summed E-state index contributed by atoms with van der Waals surface area (Å²) in [7, 11) is 1.63. The largest absolute Gasteiger partial charge is 0.478 e. The number of anilines is 2. The number of methoxy groups -OCH3 is 1. The number of halogens is 1. The zero-order chi connectivity index (χ0) is 14.0. The van der Waals surface area contributed by atoms with Crippen molar-refractivity contribution < 1.29 is 19.0 Å². The number of carbonyl (C=O) groups is 1. The average Bonchev–Trinajstić information content (AvgIpc) is 2.80. The van der Waals surface area contributed by atoms with Crippen LogP contribution in [0.25, 0.3) is 0 Å². The Labute approximate surface area is 110 Å². The molecule has 0 aromatic heterocycles. The molecule has 0 radical (unpaired) electrons. The van der Waals surface area contributed by atoms with E-state index >= 15 is 0 Å². The van der Waals surface area contributed by atoms with Gasteiger partial charge in [0.25, 0.3) is 0 Å². The molecule has 1 aliphatic carbocycles. The maximum absolute atomic E-state index is 13.3. The maximum Gasteiger partial charge on any atom is 0.340 e. The SMILES string of the molecule is COC1CCCC1Nc1ccc(F)c(N)c1C(=O)O. The fraction of sp³-hybridized carbons (Fsp3) is 0.462. The summed E-state index contributed by atoms with van der Waals surface area (Å²) in [6.45, 7) is 0. The highest BCUT2D eigenvalue weighted by atomic mass is 19.1. The van der Waals surface area contributed by atoms with E-state index in [1.807, 2.05) is 0 Å². The van der Waals surface area contributed by atoms with Crippen molar-refractivity contribution >= 4 is 17.3 Å². The van der Waals surface area contributed by atoms with E-state index in [0.29, 0.717) is 5.69 Å². The molecule has 104 valence electrons. The molecule has 1 saturated carbocycles. The first-order chi connectivity index (χ1) is 9.04. The molecule has 2 rings (SSSR count). The molecular formula is C13H17FN2O3. The smallest absolute Gasteiger partial charge is 0.340 e. The van der Waals surface area contributed by atoms with E-state index in [4.69, 9.17) is 15.6 Å². The van der Waals surface area contributed by atoms with Gasteiger partial charge in [0.1, 0.15) is 11.4 Å². The van der Waals surface area contributed by atoms with E-state index in [1.165, 1.54) is 12.1 Å². The van der Waals surface area contributed by atoms with Gasteiger partial charge in [-0.05, 0) is 31.4 Å². The van der Waals surface area contributed by atoms with Crippen LogP contribution in [0.3, 0.4) is 0 Å². The van der Waals surface area contributed by atoms with Crippen LogP contribution < -0.4 is 11.1 Å². The Balaban J connectivity index is 2.30. The Kier molecular flexibility index (Phi) is 3.90. The number of hydrogen-bond acceptors (Lipinski definition) is 4. The second kappa shape index (κ2) is 5.44. The third-order valence-electron chi connectivity index (χ3n) is 3.50. The fourth-order valence-corrected chi connectivity index (χ4v) is 2.52. The number of nitrogen functional groups attached to an aromatic ring is 1. The van der Waals surface area contributed by atoms with Gasteiger partial charge in [-0.25, -0.2) is 9.18 Å². The van der Waals surface area contributed by atoms with Crippen LogP contribution in [-0.2, 0) is 4.74 Å². The summed E-state index contributed by atoms with van der Waals surface area (Å²) in [6, 6.07) is 2.59. The highest BCUT2D eigenvalue weighted by molar-refractivity contribution is 6.00. The zero-order valence-corrected chi connectivity index (χ0v) is 10.6. The Morgan fingerprint density at radius 2 is 2.26 bits per heavy atom. The van der Waals surface area contributed by atoms with Crippen LogP contribution in [0.2, 0.25) is 0 Å². The fourth-order valence-electron chi connectivity index (χ4n) is 2.52. The van der Waals surface area contributed by atoms with Crippen molar-refractivity contribution in [1.29, 1.82) is 0 Å². The van der Waals surface area contributed by atoms with Crippen molar-refractivity contribution in [3.05, 3.63) is 23.5 Å². The van der Waals surface area contributed by atoms with Crippen molar-refractivity contribution in [3.8, 4) is 0 Å². The number of nitrogens with two attached hydrogens (primary N) is 1. The molecule has 2 atom stereocenters. The van der Waals surface area contributed by atoms with Gasteiger partial charge in [0.2, 0.25) is 0 Å². The quantitative estimate of drug-likeness (QED) is 0.728. The van der Waals surface area contributed by atoms with Crippen molar-refractivity contribution in [3.63, 3.8) is 0 Å². The molecule has 0 spiro atoms. The van der Waals surface area contributed by atoms with Crippen LogP contribution in [0.1, 0.15) is 29.6 Å². The van der Waals surface area contributed by atoms with Crippen LogP contribution in [0.4, 0.5) is 15.8 Å². The van der Waals surface area contributed by atoms with Crippen molar-refractivity contribution in [1.82, 2.24) is 0 Å². The van der Waals surface area contributed by atoms with Crippen LogP contribution in [0.5, 0.6) is 0 Å². The predicted octanol–water partition coefficient (Wildman–Crippen LogP) is 2.09. The molecule has 0 amide bonds. The van der Waals surface area contributed by atoms with E-state index in [-0.39, 0.29) is 23.4 Å². The van der Waals surface area contributed by atoms with Gasteiger partial charge >= 0.3 is 5.97 Å². The monoisotopic (exact) mass is 268 g/mol. The summed E-state index contributed by atoms with van der Waals surface area (Å²) in [5.74, 6) is -1.97. The Morgan fingerprint density at radius 1 is 1.53 bits per heavy atom. The summed E-state index contributed by atoms with van der Waals surface area (Å²) in [4.78, 5) is 11.2. The molecule has 5 nitrogen and oxygen atoms in total. The summed E-state index contributed by atoms with van der Waals surface area (Å²) in [5.41, 5.74) is 5.27. The minimum Gasteiger partial charge on any atom is -0.478 e. The predicted molar refractivity (Wildman–Crippen MR) is 69.8 cm³/mol. The lowest BCUT2D eigenvalue weighted by Gasteiger charge is -2.22. The minimum absolute atomic E-state index is 0.0213. The second-order valence-corrected chi connectivity index (χ2v) is 4.64. The number of hydrogen-bond donors (Lipinski definition) is 3. The lowest BCUT2D eigenvalue weighted by Crippen LogP contribution is -2.30. The van der Waals surface area contributed by atoms with E-state index < -0.39 is 11.8 Å².